The van der Waals surface area contributed by atoms with E-state index in [1.54, 1.807) is 21.2 Å². The first-order chi connectivity index (χ1) is 11.0. The van der Waals surface area contributed by atoms with Gasteiger partial charge in [-0.25, -0.2) is 14.7 Å². The lowest BCUT2D eigenvalue weighted by Crippen LogP contribution is -2.42. The highest BCUT2D eigenvalue weighted by molar-refractivity contribution is 8.00. The van der Waals surface area contributed by atoms with E-state index >= 15 is 0 Å². The van der Waals surface area contributed by atoms with Crippen molar-refractivity contribution in [2.45, 2.75) is 37.1 Å². The molecule has 0 saturated carbocycles. The van der Waals surface area contributed by atoms with Crippen molar-refractivity contribution in [1.82, 2.24) is 19.7 Å². The second-order valence-electron chi connectivity index (χ2n) is 5.61. The number of carbonyl (C=O) groups excluding carboxylic acids is 1. The third-order valence-electron chi connectivity index (χ3n) is 3.54. The monoisotopic (exact) mass is 333 g/mol. The zero-order chi connectivity index (χ0) is 16.4. The molecule has 7 nitrogen and oxygen atoms in total. The molecular weight excluding hydrogens is 314 g/mol. The zero-order valence-electron chi connectivity index (χ0n) is 13.1. The summed E-state index contributed by atoms with van der Waals surface area (Å²) in [6.07, 6.45) is 0. The van der Waals surface area contributed by atoms with Crippen molar-refractivity contribution < 1.29 is 4.79 Å². The number of nitrogens with zero attached hydrogens (tertiary/aromatic N) is 3. The average Bonchev–Trinajstić information content (AvgIpc) is 2.89. The predicted molar refractivity (Wildman–Crippen MR) is 89.7 cm³/mol. The Morgan fingerprint density at radius 3 is 2.91 bits per heavy atom. The van der Waals surface area contributed by atoms with Crippen molar-refractivity contribution >= 4 is 23.5 Å². The first kappa shape index (κ1) is 15.7. The number of para-hydroxylation sites is 1. The van der Waals surface area contributed by atoms with Crippen LogP contribution in [0.25, 0.3) is 0 Å². The van der Waals surface area contributed by atoms with Crippen LogP contribution in [-0.2, 0) is 13.1 Å². The van der Waals surface area contributed by atoms with Gasteiger partial charge in [0.1, 0.15) is 0 Å². The summed E-state index contributed by atoms with van der Waals surface area (Å²) in [6.45, 7) is 5.50. The second kappa shape index (κ2) is 6.49. The Bertz CT molecular complexity index is 767. The third kappa shape index (κ3) is 3.42. The molecule has 1 aromatic heterocycles. The van der Waals surface area contributed by atoms with E-state index in [1.807, 2.05) is 24.3 Å². The number of nitrogens with one attached hydrogen (secondary N) is 2. The number of benzene rings is 1. The molecule has 0 atom stereocenters. The number of aromatic amines is 1. The van der Waals surface area contributed by atoms with Gasteiger partial charge >= 0.3 is 11.7 Å². The van der Waals surface area contributed by atoms with E-state index < -0.39 is 0 Å². The SMILES string of the molecule is CC(C)Sc1ccccc1NC(=O)N1CCn2c(n[nH]c2=O)C1. The Morgan fingerprint density at radius 2 is 2.13 bits per heavy atom. The van der Waals surface area contributed by atoms with Gasteiger partial charge in [-0.3, -0.25) is 4.57 Å². The lowest BCUT2D eigenvalue weighted by atomic mass is 10.3. The number of anilines is 1. The van der Waals surface area contributed by atoms with Crippen molar-refractivity contribution in [3.05, 3.63) is 40.6 Å². The van der Waals surface area contributed by atoms with Gasteiger partial charge in [-0.05, 0) is 12.1 Å². The molecular formula is C15H19N5O2S. The van der Waals surface area contributed by atoms with Crippen LogP contribution < -0.4 is 11.0 Å². The summed E-state index contributed by atoms with van der Waals surface area (Å²) in [4.78, 5) is 26.7. The van der Waals surface area contributed by atoms with Crippen molar-refractivity contribution in [2.75, 3.05) is 11.9 Å². The van der Waals surface area contributed by atoms with Gasteiger partial charge in [-0.15, -0.1) is 11.8 Å². The molecule has 2 amide bonds. The maximum atomic E-state index is 12.5. The Morgan fingerprint density at radius 1 is 1.35 bits per heavy atom. The summed E-state index contributed by atoms with van der Waals surface area (Å²) in [7, 11) is 0. The average molecular weight is 333 g/mol. The smallest absolute Gasteiger partial charge is 0.315 e. The number of hydrogen-bond acceptors (Lipinski definition) is 4. The fourth-order valence-corrected chi connectivity index (χ4v) is 3.38. The Hall–Kier alpha value is -2.22. The van der Waals surface area contributed by atoms with E-state index in [0.29, 0.717) is 30.7 Å². The lowest BCUT2D eigenvalue weighted by Gasteiger charge is -2.27. The lowest BCUT2D eigenvalue weighted by molar-refractivity contribution is 0.195. The van der Waals surface area contributed by atoms with E-state index in [4.69, 9.17) is 0 Å². The van der Waals surface area contributed by atoms with Crippen molar-refractivity contribution in [2.24, 2.45) is 0 Å². The molecule has 0 bridgehead atoms. The van der Waals surface area contributed by atoms with Crippen molar-refractivity contribution in [1.29, 1.82) is 0 Å². The second-order valence-corrected chi connectivity index (χ2v) is 7.23. The van der Waals surface area contributed by atoms with E-state index in [0.717, 1.165) is 10.6 Å². The number of fused-ring (bicyclic) bond motifs is 1. The Balaban J connectivity index is 1.72. The third-order valence-corrected chi connectivity index (χ3v) is 4.62. The highest BCUT2D eigenvalue weighted by Crippen LogP contribution is 2.30. The molecule has 1 aromatic carbocycles. The highest BCUT2D eigenvalue weighted by Gasteiger charge is 2.23. The standard InChI is InChI=1S/C15H19N5O2S/c1-10(2)23-12-6-4-3-5-11(12)16-14(21)19-7-8-20-13(9-19)17-18-15(20)22/h3-6,10H,7-9H2,1-2H3,(H,16,21)(H,18,22). The topological polar surface area (TPSA) is 83.0 Å². The summed E-state index contributed by atoms with van der Waals surface area (Å²) in [5.41, 5.74) is 0.583. The number of amides is 2. The van der Waals surface area contributed by atoms with Crippen LogP contribution in [0.1, 0.15) is 19.7 Å². The van der Waals surface area contributed by atoms with Gasteiger partial charge < -0.3 is 10.2 Å². The number of rotatable bonds is 3. The van der Waals surface area contributed by atoms with Crippen molar-refractivity contribution in [3.63, 3.8) is 0 Å². The van der Waals surface area contributed by atoms with E-state index in [1.165, 1.54) is 0 Å². The molecule has 2 aromatic rings. The van der Waals surface area contributed by atoms with Crippen LogP contribution in [0.4, 0.5) is 10.5 Å². The molecule has 1 aliphatic heterocycles. The van der Waals surface area contributed by atoms with Gasteiger partial charge in [-0.2, -0.15) is 5.10 Å². The molecule has 2 heterocycles. The zero-order valence-corrected chi connectivity index (χ0v) is 13.9. The van der Waals surface area contributed by atoms with Crippen molar-refractivity contribution in [3.8, 4) is 0 Å². The molecule has 0 radical (unpaired) electrons. The number of thioether (sulfide) groups is 1. The van der Waals surface area contributed by atoms with E-state index in [9.17, 15) is 9.59 Å². The number of urea groups is 1. The van der Waals surface area contributed by atoms with E-state index in [2.05, 4.69) is 29.4 Å². The quantitative estimate of drug-likeness (QED) is 0.843. The van der Waals surface area contributed by atoms with Crippen LogP contribution in [0.2, 0.25) is 0 Å². The fraction of sp³-hybridized carbons (Fsp3) is 0.400. The Labute approximate surface area is 138 Å². The highest BCUT2D eigenvalue weighted by atomic mass is 32.2. The molecule has 0 fully saturated rings. The molecule has 0 saturated heterocycles. The summed E-state index contributed by atoms with van der Waals surface area (Å²) >= 11 is 1.71. The van der Waals surface area contributed by atoms with Gasteiger partial charge in [0.05, 0.1) is 12.2 Å². The summed E-state index contributed by atoms with van der Waals surface area (Å²) in [5.74, 6) is 0.584. The van der Waals surface area contributed by atoms with Crippen LogP contribution in [0, 0.1) is 0 Å². The molecule has 1 aliphatic rings. The maximum Gasteiger partial charge on any atom is 0.343 e. The van der Waals surface area contributed by atoms with Crippen LogP contribution in [-0.4, -0.2) is 37.5 Å². The number of hydrogen-bond donors (Lipinski definition) is 2. The molecule has 0 spiro atoms. The minimum absolute atomic E-state index is 0.177. The molecule has 0 unspecified atom stereocenters. The first-order valence-corrected chi connectivity index (χ1v) is 8.38. The minimum Gasteiger partial charge on any atom is -0.315 e. The van der Waals surface area contributed by atoms with E-state index in [-0.39, 0.29) is 11.7 Å². The summed E-state index contributed by atoms with van der Waals surface area (Å²) in [5, 5.41) is 9.76. The van der Waals surface area contributed by atoms with Gasteiger partial charge in [0.2, 0.25) is 0 Å². The normalized spacial score (nSPS) is 14.0. The van der Waals surface area contributed by atoms with Gasteiger partial charge in [0.15, 0.2) is 5.82 Å². The van der Waals surface area contributed by atoms with Gasteiger partial charge in [0.25, 0.3) is 0 Å². The molecule has 8 heteroatoms. The molecule has 3 rings (SSSR count). The van der Waals surface area contributed by atoms with Gasteiger partial charge in [0, 0.05) is 23.2 Å². The largest absolute Gasteiger partial charge is 0.343 e. The Kier molecular flexibility index (Phi) is 4.42. The first-order valence-electron chi connectivity index (χ1n) is 7.50. The minimum atomic E-state index is -0.223. The summed E-state index contributed by atoms with van der Waals surface area (Å²) in [6, 6.07) is 7.59. The molecule has 0 aliphatic carbocycles. The van der Waals surface area contributed by atoms with Crippen LogP contribution in [0.15, 0.2) is 34.0 Å². The number of carbonyl (C=O) groups is 1. The van der Waals surface area contributed by atoms with Crippen LogP contribution >= 0.6 is 11.8 Å². The molecule has 23 heavy (non-hydrogen) atoms. The van der Waals surface area contributed by atoms with Crippen LogP contribution in [0.5, 0.6) is 0 Å². The number of aromatic nitrogens is 3. The van der Waals surface area contributed by atoms with Gasteiger partial charge in [-0.1, -0.05) is 26.0 Å². The molecule has 2 N–H and O–H groups in total. The molecule has 122 valence electrons. The predicted octanol–water partition coefficient (Wildman–Crippen LogP) is 2.12. The summed E-state index contributed by atoms with van der Waals surface area (Å²) < 4.78 is 1.56. The maximum absolute atomic E-state index is 12.5. The number of H-pyrrole nitrogens is 1. The fourth-order valence-electron chi connectivity index (χ4n) is 2.47. The van der Waals surface area contributed by atoms with Crippen LogP contribution in [0.3, 0.4) is 0 Å².